The summed E-state index contributed by atoms with van der Waals surface area (Å²) >= 11 is 0. The van der Waals surface area contributed by atoms with Gasteiger partial charge in [0.05, 0.1) is 6.04 Å². The van der Waals surface area contributed by atoms with Gasteiger partial charge in [0.1, 0.15) is 11.9 Å². The van der Waals surface area contributed by atoms with E-state index in [2.05, 4.69) is 41.0 Å². The molecule has 7 nitrogen and oxygen atoms in total. The molecule has 2 heterocycles. The predicted octanol–water partition coefficient (Wildman–Crippen LogP) is 4.48. The van der Waals surface area contributed by atoms with Crippen molar-refractivity contribution >= 4 is 11.9 Å². The second kappa shape index (κ2) is 10.8. The first-order valence-electron chi connectivity index (χ1n) is 15.2. The highest BCUT2D eigenvalue weighted by atomic mass is 16.6. The summed E-state index contributed by atoms with van der Waals surface area (Å²) in [5, 5.41) is 11.3. The minimum Gasteiger partial charge on any atom is -0.508 e. The number of likely N-dealkylation sites (N-methyl/N-ethyl adjacent to an activating group) is 1. The molecule has 5 atom stereocenters. The zero-order valence-corrected chi connectivity index (χ0v) is 24.6. The average Bonchev–Trinajstić information content (AvgIpc) is 3.36. The first-order chi connectivity index (χ1) is 20.9. The number of phenolic OH excluding ortho intramolecular Hbond substituents is 1. The summed E-state index contributed by atoms with van der Waals surface area (Å²) < 4.78 is 12.4. The molecule has 4 aliphatic rings. The first kappa shape index (κ1) is 27.5. The van der Waals surface area contributed by atoms with Crippen molar-refractivity contribution in [3.05, 3.63) is 89.0 Å². The van der Waals surface area contributed by atoms with Crippen LogP contribution in [-0.4, -0.2) is 65.1 Å². The fraction of sp³-hybridized carbons (Fsp3) is 0.389. The fourth-order valence-corrected chi connectivity index (χ4v) is 8.36. The molecule has 220 valence electrons. The first-order valence-corrected chi connectivity index (χ1v) is 15.2. The molecule has 1 N–H and O–H groups in total. The molecule has 2 aliphatic heterocycles. The number of hydrogen-bond acceptors (Lipinski definition) is 6. The molecule has 1 saturated carbocycles. The maximum Gasteiger partial charge on any atom is 0.308 e. The van der Waals surface area contributed by atoms with Crippen molar-refractivity contribution in [2.75, 3.05) is 20.1 Å². The van der Waals surface area contributed by atoms with E-state index in [-0.39, 0.29) is 41.5 Å². The molecule has 1 amide bonds. The Kier molecular flexibility index (Phi) is 6.90. The summed E-state index contributed by atoms with van der Waals surface area (Å²) in [6.07, 6.45) is 3.90. The summed E-state index contributed by atoms with van der Waals surface area (Å²) in [5.41, 5.74) is 3.59. The monoisotopic (exact) mass is 576 g/mol. The van der Waals surface area contributed by atoms with E-state index in [1.807, 2.05) is 43.4 Å². The summed E-state index contributed by atoms with van der Waals surface area (Å²) in [6.45, 7) is 3.19. The van der Waals surface area contributed by atoms with Gasteiger partial charge >= 0.3 is 5.97 Å². The lowest BCUT2D eigenvalue weighted by Crippen LogP contribution is -2.69. The van der Waals surface area contributed by atoms with Crippen LogP contribution in [0.3, 0.4) is 0 Å². The zero-order valence-electron chi connectivity index (χ0n) is 24.6. The molecule has 0 radical (unpaired) electrons. The van der Waals surface area contributed by atoms with E-state index in [4.69, 9.17) is 9.47 Å². The highest BCUT2D eigenvalue weighted by molar-refractivity contribution is 5.94. The Morgan fingerprint density at radius 1 is 1.12 bits per heavy atom. The van der Waals surface area contributed by atoms with Gasteiger partial charge in [0.2, 0.25) is 0 Å². The van der Waals surface area contributed by atoms with Crippen molar-refractivity contribution in [1.29, 1.82) is 0 Å². The second-order valence-corrected chi connectivity index (χ2v) is 12.3. The van der Waals surface area contributed by atoms with E-state index in [1.165, 1.54) is 18.6 Å². The van der Waals surface area contributed by atoms with Crippen LogP contribution < -0.4 is 9.47 Å². The van der Waals surface area contributed by atoms with Crippen molar-refractivity contribution in [2.24, 2.45) is 5.92 Å². The Labute approximate surface area is 252 Å². The molecule has 1 saturated heterocycles. The molecule has 7 heteroatoms. The Bertz CT molecular complexity index is 1630. The quantitative estimate of drug-likeness (QED) is 0.274. The van der Waals surface area contributed by atoms with Crippen LogP contribution in [0.2, 0.25) is 0 Å². The Hall–Kier alpha value is -4.28. The van der Waals surface area contributed by atoms with Gasteiger partial charge < -0.3 is 19.5 Å². The highest BCUT2D eigenvalue weighted by Crippen LogP contribution is 2.65. The number of likely N-dealkylation sites (tertiary alicyclic amines) is 1. The van der Waals surface area contributed by atoms with E-state index in [9.17, 15) is 14.7 Å². The molecule has 3 aromatic rings. The van der Waals surface area contributed by atoms with Crippen molar-refractivity contribution in [3.63, 3.8) is 0 Å². The van der Waals surface area contributed by atoms with Crippen molar-refractivity contribution in [3.8, 4) is 29.1 Å². The van der Waals surface area contributed by atoms with Crippen LogP contribution in [-0.2, 0) is 27.8 Å². The number of phenols is 1. The molecule has 7 rings (SSSR count). The van der Waals surface area contributed by atoms with Crippen LogP contribution in [0.15, 0.2) is 66.7 Å². The Balaban J connectivity index is 1.25. The average molecular weight is 577 g/mol. The molecular formula is C36H36N2O5. The van der Waals surface area contributed by atoms with E-state index in [0.29, 0.717) is 12.2 Å². The standard InChI is InChI=1S/C36H36N2O5/c1-23(39)42-31-22-30(40)26-21-29-27-14-15-28(37(2)32(41)16-13-24-9-5-3-6-10-24)35-36(27,33(26)34(31)43-35)18-20-38(29)19-17-25-11-7-4-8-12-25/h3-12,22,27-29,35,40H,14-15,17-21H2,1-2H3/t27-,28-,29+,35-,36-/m0/s1. The third kappa shape index (κ3) is 4.56. The Morgan fingerprint density at radius 2 is 1.86 bits per heavy atom. The lowest BCUT2D eigenvalue weighted by atomic mass is 9.50. The van der Waals surface area contributed by atoms with Crippen molar-refractivity contribution in [1.82, 2.24) is 9.80 Å². The molecule has 0 unspecified atom stereocenters. The molecule has 2 aliphatic carbocycles. The summed E-state index contributed by atoms with van der Waals surface area (Å²) in [7, 11) is 1.82. The van der Waals surface area contributed by atoms with Gasteiger partial charge in [-0.25, -0.2) is 0 Å². The minimum atomic E-state index is -0.465. The lowest BCUT2D eigenvalue weighted by molar-refractivity contribution is -0.134. The van der Waals surface area contributed by atoms with Gasteiger partial charge in [-0.3, -0.25) is 14.5 Å². The minimum absolute atomic E-state index is 0.146. The lowest BCUT2D eigenvalue weighted by Gasteiger charge is -2.60. The largest absolute Gasteiger partial charge is 0.508 e. The van der Waals surface area contributed by atoms with Gasteiger partial charge in [-0.2, -0.15) is 0 Å². The number of carbonyl (C=O) groups is 2. The number of benzene rings is 3. The number of hydrogen-bond donors (Lipinski definition) is 1. The predicted molar refractivity (Wildman–Crippen MR) is 162 cm³/mol. The molecule has 1 spiro atoms. The van der Waals surface area contributed by atoms with Crippen LogP contribution in [0.4, 0.5) is 0 Å². The van der Waals surface area contributed by atoms with Crippen LogP contribution >= 0.6 is 0 Å². The third-order valence-electron chi connectivity index (χ3n) is 10.2. The molecular weight excluding hydrogens is 540 g/mol. The van der Waals surface area contributed by atoms with Crippen LogP contribution in [0.1, 0.15) is 48.4 Å². The van der Waals surface area contributed by atoms with Gasteiger partial charge in [-0.05, 0) is 62.3 Å². The fourth-order valence-electron chi connectivity index (χ4n) is 8.36. The molecule has 0 aromatic heterocycles. The van der Waals surface area contributed by atoms with Crippen molar-refractivity contribution in [2.45, 2.75) is 62.6 Å². The summed E-state index contributed by atoms with van der Waals surface area (Å²) in [4.78, 5) is 29.8. The number of esters is 1. The van der Waals surface area contributed by atoms with Gasteiger partial charge in [0, 0.05) is 60.7 Å². The number of nitrogens with zero attached hydrogens (tertiary/aromatic N) is 2. The van der Waals surface area contributed by atoms with Crippen LogP contribution in [0, 0.1) is 17.8 Å². The number of ether oxygens (including phenoxy) is 2. The SMILES string of the molecule is CC(=O)Oc1cc(O)c2c3c1O[C@H]1[C@@H](N(C)C(=O)C#Cc4ccccc4)CC[C@H]4[C@@H](C2)N(CCc2ccccc2)CC[C@@]341. The molecule has 2 fully saturated rings. The smallest absolute Gasteiger partial charge is 0.308 e. The van der Waals surface area contributed by atoms with Crippen molar-refractivity contribution < 1.29 is 24.2 Å². The van der Waals surface area contributed by atoms with E-state index in [0.717, 1.165) is 55.5 Å². The number of aromatic hydroxyl groups is 1. The maximum absolute atomic E-state index is 13.4. The van der Waals surface area contributed by atoms with Crippen LogP contribution in [0.5, 0.6) is 17.2 Å². The molecule has 2 bridgehead atoms. The highest BCUT2D eigenvalue weighted by Gasteiger charge is 2.67. The maximum atomic E-state index is 13.4. The number of piperidine rings is 1. The summed E-state index contributed by atoms with van der Waals surface area (Å²) in [6, 6.07) is 21.6. The molecule has 43 heavy (non-hydrogen) atoms. The number of carbonyl (C=O) groups excluding carboxylic acids is 2. The van der Waals surface area contributed by atoms with Gasteiger partial charge in [0.25, 0.3) is 5.91 Å². The van der Waals surface area contributed by atoms with E-state index < -0.39 is 11.4 Å². The topological polar surface area (TPSA) is 79.3 Å². The van der Waals surface area contributed by atoms with E-state index in [1.54, 1.807) is 4.90 Å². The molecule has 3 aromatic carbocycles. The van der Waals surface area contributed by atoms with Gasteiger partial charge in [0.15, 0.2) is 11.5 Å². The third-order valence-corrected chi connectivity index (χ3v) is 10.2. The number of amides is 1. The Morgan fingerprint density at radius 3 is 2.60 bits per heavy atom. The van der Waals surface area contributed by atoms with Crippen LogP contribution in [0.25, 0.3) is 0 Å². The second-order valence-electron chi connectivity index (χ2n) is 12.3. The normalized spacial score (nSPS) is 26.4. The number of rotatable bonds is 5. The zero-order chi connectivity index (χ0) is 29.7. The van der Waals surface area contributed by atoms with E-state index >= 15 is 0 Å². The summed E-state index contributed by atoms with van der Waals surface area (Å²) in [5.74, 6) is 6.37. The van der Waals surface area contributed by atoms with Gasteiger partial charge in [-0.15, -0.1) is 0 Å². The van der Waals surface area contributed by atoms with Gasteiger partial charge in [-0.1, -0.05) is 54.5 Å².